The van der Waals surface area contributed by atoms with Crippen LogP contribution in [0.15, 0.2) is 71.2 Å². The van der Waals surface area contributed by atoms with Gasteiger partial charge >= 0.3 is 5.97 Å². The number of amides is 1. The maximum Gasteiger partial charge on any atom is 0.335 e. The molecule has 0 saturated heterocycles. The van der Waals surface area contributed by atoms with Crippen molar-refractivity contribution in [3.8, 4) is 17.0 Å². The molecule has 2 N–H and O–H groups in total. The second-order valence-corrected chi connectivity index (χ2v) is 8.08. The van der Waals surface area contributed by atoms with E-state index in [-0.39, 0.29) is 17.2 Å². The van der Waals surface area contributed by atoms with Gasteiger partial charge in [-0.25, -0.2) is 9.78 Å². The molecule has 6 nitrogen and oxygen atoms in total. The topological polar surface area (TPSA) is 88.5 Å². The molecular formula is C25H19BrN2O4. The number of carbonyl (C=O) groups excluding carboxylic acids is 1. The van der Waals surface area contributed by atoms with Gasteiger partial charge in [0.2, 0.25) is 0 Å². The van der Waals surface area contributed by atoms with Crippen LogP contribution in [-0.4, -0.2) is 29.1 Å². The van der Waals surface area contributed by atoms with Gasteiger partial charge in [-0.1, -0.05) is 46.3 Å². The third-order valence-corrected chi connectivity index (χ3v) is 5.65. The summed E-state index contributed by atoms with van der Waals surface area (Å²) in [6.07, 6.45) is 0. The third-order valence-electron chi connectivity index (χ3n) is 5.16. The molecule has 0 fully saturated rings. The number of methoxy groups -OCH3 is 1. The number of rotatable bonds is 5. The lowest BCUT2D eigenvalue weighted by atomic mass is 9.97. The number of halogens is 1. The number of aromatic carboxylic acids is 1. The summed E-state index contributed by atoms with van der Waals surface area (Å²) in [5, 5.41) is 12.8. The summed E-state index contributed by atoms with van der Waals surface area (Å²) in [7, 11) is 1.42. The molecule has 0 unspecified atom stereocenters. The maximum atomic E-state index is 13.5. The van der Waals surface area contributed by atoms with E-state index in [2.05, 4.69) is 21.2 Å². The molecule has 0 spiro atoms. The lowest BCUT2D eigenvalue weighted by molar-refractivity contribution is 0.0696. The van der Waals surface area contributed by atoms with Gasteiger partial charge in [0.1, 0.15) is 5.75 Å². The largest absolute Gasteiger partial charge is 0.495 e. The lowest BCUT2D eigenvalue weighted by Crippen LogP contribution is -2.16. The van der Waals surface area contributed by atoms with Gasteiger partial charge in [0.25, 0.3) is 5.91 Å². The molecule has 0 aliphatic heterocycles. The van der Waals surface area contributed by atoms with Gasteiger partial charge in [-0.15, -0.1) is 0 Å². The summed E-state index contributed by atoms with van der Waals surface area (Å²) < 4.78 is 6.13. The van der Waals surface area contributed by atoms with Crippen LogP contribution in [0, 0.1) is 6.92 Å². The first kappa shape index (κ1) is 21.5. The third kappa shape index (κ3) is 4.07. The second-order valence-electron chi connectivity index (χ2n) is 7.16. The summed E-state index contributed by atoms with van der Waals surface area (Å²) >= 11 is 3.48. The SMILES string of the molecule is COc1cc(C(=O)O)ccc1NC(=O)c1c(C)c(-c2ccccc2)nc2ccc(Br)cc12. The fourth-order valence-electron chi connectivity index (χ4n) is 3.61. The number of aromatic nitrogens is 1. The average Bonchev–Trinajstić information content (AvgIpc) is 2.79. The highest BCUT2D eigenvalue weighted by molar-refractivity contribution is 9.10. The molecule has 4 aromatic rings. The molecule has 7 heteroatoms. The molecule has 1 heterocycles. The highest BCUT2D eigenvalue weighted by Gasteiger charge is 2.21. The lowest BCUT2D eigenvalue weighted by Gasteiger charge is -2.16. The Morgan fingerprint density at radius 3 is 2.47 bits per heavy atom. The molecule has 1 aromatic heterocycles. The Morgan fingerprint density at radius 2 is 1.78 bits per heavy atom. The van der Waals surface area contributed by atoms with Crippen LogP contribution < -0.4 is 10.1 Å². The number of fused-ring (bicyclic) bond motifs is 1. The van der Waals surface area contributed by atoms with Crippen LogP contribution in [0.5, 0.6) is 5.75 Å². The van der Waals surface area contributed by atoms with E-state index in [1.807, 2.05) is 55.5 Å². The van der Waals surface area contributed by atoms with E-state index in [4.69, 9.17) is 9.72 Å². The van der Waals surface area contributed by atoms with Gasteiger partial charge in [0.05, 0.1) is 35.1 Å². The molecule has 0 atom stereocenters. The van der Waals surface area contributed by atoms with Crippen molar-refractivity contribution < 1.29 is 19.4 Å². The Hall–Kier alpha value is -3.71. The molecule has 0 aliphatic rings. The quantitative estimate of drug-likeness (QED) is 0.361. The second kappa shape index (κ2) is 8.80. The summed E-state index contributed by atoms with van der Waals surface area (Å²) in [6, 6.07) is 19.6. The van der Waals surface area contributed by atoms with Gasteiger partial charge in [0.15, 0.2) is 0 Å². The fraction of sp³-hybridized carbons (Fsp3) is 0.0800. The number of nitrogens with one attached hydrogen (secondary N) is 1. The number of hydrogen-bond acceptors (Lipinski definition) is 4. The number of carboxylic acids is 1. The first-order valence-electron chi connectivity index (χ1n) is 9.77. The van der Waals surface area contributed by atoms with Crippen LogP contribution in [0.4, 0.5) is 5.69 Å². The van der Waals surface area contributed by atoms with Crippen LogP contribution in [0.2, 0.25) is 0 Å². The minimum Gasteiger partial charge on any atom is -0.495 e. The van der Waals surface area contributed by atoms with Crippen molar-refractivity contribution in [1.29, 1.82) is 0 Å². The number of carboxylic acid groups (broad SMARTS) is 1. The maximum absolute atomic E-state index is 13.5. The van der Waals surface area contributed by atoms with Crippen molar-refractivity contribution in [2.75, 3.05) is 12.4 Å². The highest BCUT2D eigenvalue weighted by atomic mass is 79.9. The fourth-order valence-corrected chi connectivity index (χ4v) is 3.97. The van der Waals surface area contributed by atoms with Crippen molar-refractivity contribution in [2.24, 2.45) is 0 Å². The van der Waals surface area contributed by atoms with Crippen LogP contribution in [0.25, 0.3) is 22.2 Å². The van der Waals surface area contributed by atoms with E-state index < -0.39 is 5.97 Å². The van der Waals surface area contributed by atoms with Crippen molar-refractivity contribution in [1.82, 2.24) is 4.98 Å². The minimum absolute atomic E-state index is 0.0701. The Balaban J connectivity index is 1.86. The number of carbonyl (C=O) groups is 2. The van der Waals surface area contributed by atoms with Gasteiger partial charge in [-0.2, -0.15) is 0 Å². The summed E-state index contributed by atoms with van der Waals surface area (Å²) in [6.45, 7) is 1.87. The van der Waals surface area contributed by atoms with Crippen molar-refractivity contribution in [3.63, 3.8) is 0 Å². The first-order valence-corrected chi connectivity index (χ1v) is 10.6. The van der Waals surface area contributed by atoms with E-state index in [0.29, 0.717) is 22.2 Å². The summed E-state index contributed by atoms with van der Waals surface area (Å²) in [5.74, 6) is -1.15. The number of anilines is 1. The monoisotopic (exact) mass is 490 g/mol. The zero-order valence-electron chi connectivity index (χ0n) is 17.3. The molecule has 0 saturated carbocycles. The Bertz CT molecular complexity index is 1350. The van der Waals surface area contributed by atoms with Gasteiger partial charge < -0.3 is 15.2 Å². The van der Waals surface area contributed by atoms with Crippen molar-refractivity contribution >= 4 is 44.4 Å². The van der Waals surface area contributed by atoms with E-state index in [1.54, 1.807) is 0 Å². The highest BCUT2D eigenvalue weighted by Crippen LogP contribution is 2.33. The number of benzene rings is 3. The summed E-state index contributed by atoms with van der Waals surface area (Å²) in [4.78, 5) is 29.6. The molecule has 1 amide bonds. The zero-order chi connectivity index (χ0) is 22.8. The predicted molar refractivity (Wildman–Crippen MR) is 128 cm³/mol. The van der Waals surface area contributed by atoms with Crippen LogP contribution in [0.3, 0.4) is 0 Å². The molecule has 3 aromatic carbocycles. The predicted octanol–water partition coefficient (Wildman–Crippen LogP) is 5.93. The Morgan fingerprint density at radius 1 is 1.03 bits per heavy atom. The Labute approximate surface area is 193 Å². The van der Waals surface area contributed by atoms with Gasteiger partial charge in [0, 0.05) is 15.4 Å². The standard InChI is InChI=1S/C25H19BrN2O4/c1-14-22(24(29)28-20-10-8-16(25(30)31)12-21(20)32-2)18-13-17(26)9-11-19(18)27-23(14)15-6-4-3-5-7-15/h3-13H,1-2H3,(H,28,29)(H,30,31). The van der Waals surface area contributed by atoms with Crippen LogP contribution in [0.1, 0.15) is 26.3 Å². The van der Waals surface area contributed by atoms with Crippen molar-refractivity contribution in [3.05, 3.63) is 87.9 Å². The Kier molecular flexibility index (Phi) is 5.92. The number of nitrogens with zero attached hydrogens (tertiary/aromatic N) is 1. The van der Waals surface area contributed by atoms with E-state index in [0.717, 1.165) is 21.3 Å². The zero-order valence-corrected chi connectivity index (χ0v) is 18.9. The normalized spacial score (nSPS) is 10.7. The molecular weight excluding hydrogens is 472 g/mol. The van der Waals surface area contributed by atoms with E-state index in [9.17, 15) is 14.7 Å². The molecule has 32 heavy (non-hydrogen) atoms. The average molecular weight is 491 g/mol. The summed E-state index contributed by atoms with van der Waals surface area (Å²) in [5.41, 5.74) is 3.99. The van der Waals surface area contributed by atoms with Crippen LogP contribution >= 0.6 is 15.9 Å². The number of hydrogen-bond donors (Lipinski definition) is 2. The van der Waals surface area contributed by atoms with Crippen LogP contribution in [-0.2, 0) is 0 Å². The van der Waals surface area contributed by atoms with E-state index >= 15 is 0 Å². The van der Waals surface area contributed by atoms with Gasteiger partial charge in [-0.3, -0.25) is 4.79 Å². The smallest absolute Gasteiger partial charge is 0.335 e. The number of ether oxygens (including phenoxy) is 1. The first-order chi connectivity index (χ1) is 15.4. The van der Waals surface area contributed by atoms with Gasteiger partial charge in [-0.05, 0) is 48.9 Å². The molecule has 0 radical (unpaired) electrons. The van der Waals surface area contributed by atoms with Crippen molar-refractivity contribution in [2.45, 2.75) is 6.92 Å². The molecule has 0 aliphatic carbocycles. The number of pyridine rings is 1. The molecule has 0 bridgehead atoms. The van der Waals surface area contributed by atoms with E-state index in [1.165, 1.54) is 25.3 Å². The minimum atomic E-state index is -1.07. The molecule has 160 valence electrons. The molecule has 4 rings (SSSR count).